The Morgan fingerprint density at radius 3 is 1.64 bits per heavy atom. The second kappa shape index (κ2) is 16.8. The van der Waals surface area contributed by atoms with Crippen LogP contribution in [-0.4, -0.2) is 18.5 Å². The summed E-state index contributed by atoms with van der Waals surface area (Å²) in [5.41, 5.74) is 1.99. The van der Waals surface area contributed by atoms with Crippen LogP contribution in [0.1, 0.15) is 94.3 Å². The fraction of sp³-hybridized carbons (Fsp3) is 0.500. The maximum atomic E-state index is 12.2. The van der Waals surface area contributed by atoms with Crippen LogP contribution in [0.3, 0.4) is 0 Å². The molecule has 0 spiro atoms. The third kappa shape index (κ3) is 12.1. The van der Waals surface area contributed by atoms with Gasteiger partial charge in [-0.3, -0.25) is 4.79 Å². The summed E-state index contributed by atoms with van der Waals surface area (Å²) in [6.45, 7) is 2.95. The molecule has 3 amide bonds. The second-order valence-electron chi connectivity index (χ2n) is 8.67. The van der Waals surface area contributed by atoms with Gasteiger partial charge in [-0.1, -0.05) is 95.8 Å². The van der Waals surface area contributed by atoms with Gasteiger partial charge in [-0.15, -0.1) is 0 Å². The van der Waals surface area contributed by atoms with Crippen LogP contribution < -0.4 is 16.0 Å². The van der Waals surface area contributed by atoms with Crippen molar-refractivity contribution in [1.29, 1.82) is 0 Å². The van der Waals surface area contributed by atoms with Crippen LogP contribution in [0, 0.1) is 0 Å². The van der Waals surface area contributed by atoms with E-state index in [9.17, 15) is 9.59 Å². The van der Waals surface area contributed by atoms with E-state index >= 15 is 0 Å². The Hall–Kier alpha value is -2.82. The Morgan fingerprint density at radius 1 is 0.606 bits per heavy atom. The van der Waals surface area contributed by atoms with E-state index in [1.165, 1.54) is 64.2 Å². The van der Waals surface area contributed by atoms with Gasteiger partial charge in [-0.05, 0) is 42.8 Å². The first kappa shape index (κ1) is 26.4. The molecule has 0 aliphatic rings. The summed E-state index contributed by atoms with van der Waals surface area (Å²) in [7, 11) is 0. The van der Waals surface area contributed by atoms with Crippen molar-refractivity contribution in [2.75, 3.05) is 17.2 Å². The first-order valence-electron chi connectivity index (χ1n) is 12.7. The summed E-state index contributed by atoms with van der Waals surface area (Å²) >= 11 is 0. The minimum atomic E-state index is -0.195. The molecule has 2 rings (SSSR count). The van der Waals surface area contributed by atoms with Gasteiger partial charge in [0.2, 0.25) is 0 Å². The molecule has 0 heterocycles. The Kier molecular flexibility index (Phi) is 13.4. The van der Waals surface area contributed by atoms with Crippen LogP contribution in [0.15, 0.2) is 54.6 Å². The van der Waals surface area contributed by atoms with Gasteiger partial charge in [0.25, 0.3) is 5.91 Å². The van der Waals surface area contributed by atoms with Crippen LogP contribution in [0.2, 0.25) is 0 Å². The summed E-state index contributed by atoms with van der Waals surface area (Å²) < 4.78 is 0. The minimum absolute atomic E-state index is 0.156. The summed E-state index contributed by atoms with van der Waals surface area (Å²) in [5.74, 6) is -0.156. The van der Waals surface area contributed by atoms with Gasteiger partial charge >= 0.3 is 6.03 Å². The van der Waals surface area contributed by atoms with Crippen LogP contribution in [0.5, 0.6) is 0 Å². The molecule has 0 fully saturated rings. The lowest BCUT2D eigenvalue weighted by Crippen LogP contribution is -2.29. The molecule has 0 aliphatic carbocycles. The normalized spacial score (nSPS) is 10.6. The molecule has 0 saturated carbocycles. The fourth-order valence-electron chi connectivity index (χ4n) is 3.77. The number of urea groups is 1. The molecular formula is C28H41N3O2. The Morgan fingerprint density at radius 2 is 1.09 bits per heavy atom. The quantitative estimate of drug-likeness (QED) is 0.228. The molecular weight excluding hydrogens is 410 g/mol. The molecule has 5 heteroatoms. The molecule has 3 N–H and O–H groups in total. The smallest absolute Gasteiger partial charge is 0.319 e. The van der Waals surface area contributed by atoms with Gasteiger partial charge in [-0.2, -0.15) is 0 Å². The van der Waals surface area contributed by atoms with Gasteiger partial charge < -0.3 is 16.0 Å². The first-order chi connectivity index (χ1) is 16.2. The minimum Gasteiger partial charge on any atom is -0.338 e. The number of nitrogens with one attached hydrogen (secondary N) is 3. The fourth-order valence-corrected chi connectivity index (χ4v) is 3.77. The average Bonchev–Trinajstić information content (AvgIpc) is 2.84. The maximum Gasteiger partial charge on any atom is 0.319 e. The van der Waals surface area contributed by atoms with E-state index in [-0.39, 0.29) is 11.9 Å². The standard InChI is InChI=1S/C28H41N3O2/c1-2-3-4-5-6-7-8-9-10-11-12-16-23-29-28(33)31-26-21-19-25(20-22-26)30-27(32)24-17-14-13-15-18-24/h13-15,17-22H,2-12,16,23H2,1H3,(H,30,32)(H2,29,31,33). The molecule has 2 aromatic carbocycles. The third-order valence-corrected chi connectivity index (χ3v) is 5.75. The number of anilines is 2. The Labute approximate surface area is 199 Å². The highest BCUT2D eigenvalue weighted by Crippen LogP contribution is 2.15. The van der Waals surface area contributed by atoms with E-state index in [0.717, 1.165) is 12.8 Å². The van der Waals surface area contributed by atoms with Gasteiger partial charge in [0, 0.05) is 23.5 Å². The van der Waals surface area contributed by atoms with Gasteiger partial charge in [0.15, 0.2) is 0 Å². The topological polar surface area (TPSA) is 70.2 Å². The number of amides is 3. The molecule has 2 aromatic rings. The monoisotopic (exact) mass is 451 g/mol. The number of hydrogen-bond acceptors (Lipinski definition) is 2. The van der Waals surface area contributed by atoms with Crippen LogP contribution in [-0.2, 0) is 0 Å². The zero-order valence-electron chi connectivity index (χ0n) is 20.2. The lowest BCUT2D eigenvalue weighted by atomic mass is 10.1. The SMILES string of the molecule is CCCCCCCCCCCCCCNC(=O)Nc1ccc(NC(=O)c2ccccc2)cc1. The van der Waals surface area contributed by atoms with Crippen molar-refractivity contribution < 1.29 is 9.59 Å². The van der Waals surface area contributed by atoms with Crippen molar-refractivity contribution in [3.05, 3.63) is 60.2 Å². The molecule has 0 aromatic heterocycles. The summed E-state index contributed by atoms with van der Waals surface area (Å²) in [4.78, 5) is 24.3. The Bertz CT molecular complexity index is 791. The molecule has 0 bridgehead atoms. The first-order valence-corrected chi connectivity index (χ1v) is 12.7. The van der Waals surface area contributed by atoms with Crippen molar-refractivity contribution in [1.82, 2.24) is 5.32 Å². The number of carbonyl (C=O) groups is 2. The van der Waals surface area contributed by atoms with Gasteiger partial charge in [-0.25, -0.2) is 4.79 Å². The predicted octanol–water partition coefficient (Wildman–Crippen LogP) is 7.76. The van der Waals surface area contributed by atoms with E-state index in [0.29, 0.717) is 23.5 Å². The molecule has 0 unspecified atom stereocenters. The molecule has 0 radical (unpaired) electrons. The highest BCUT2D eigenvalue weighted by atomic mass is 16.2. The number of hydrogen-bond donors (Lipinski definition) is 3. The molecule has 0 atom stereocenters. The summed E-state index contributed by atoms with van der Waals surface area (Å²) in [6.07, 6.45) is 15.7. The second-order valence-corrected chi connectivity index (χ2v) is 8.67. The number of carbonyl (C=O) groups excluding carboxylic acids is 2. The zero-order chi connectivity index (χ0) is 23.6. The van der Waals surface area contributed by atoms with Crippen LogP contribution >= 0.6 is 0 Å². The Balaban J connectivity index is 1.49. The van der Waals surface area contributed by atoms with E-state index in [2.05, 4.69) is 22.9 Å². The number of benzene rings is 2. The van der Waals surface area contributed by atoms with Crippen LogP contribution in [0.25, 0.3) is 0 Å². The van der Waals surface area contributed by atoms with Crippen molar-refractivity contribution in [2.24, 2.45) is 0 Å². The molecule has 0 aliphatic heterocycles. The van der Waals surface area contributed by atoms with E-state index in [4.69, 9.17) is 0 Å². The molecule has 0 saturated heterocycles. The average molecular weight is 452 g/mol. The highest BCUT2D eigenvalue weighted by Gasteiger charge is 2.06. The third-order valence-electron chi connectivity index (χ3n) is 5.75. The number of unbranched alkanes of at least 4 members (excludes halogenated alkanes) is 11. The highest BCUT2D eigenvalue weighted by molar-refractivity contribution is 6.04. The maximum absolute atomic E-state index is 12.2. The van der Waals surface area contributed by atoms with Crippen molar-refractivity contribution >= 4 is 23.3 Å². The predicted molar refractivity (Wildman–Crippen MR) is 139 cm³/mol. The van der Waals surface area contributed by atoms with E-state index in [1.54, 1.807) is 36.4 Å². The zero-order valence-corrected chi connectivity index (χ0v) is 20.2. The molecule has 5 nitrogen and oxygen atoms in total. The van der Waals surface area contributed by atoms with E-state index < -0.39 is 0 Å². The summed E-state index contributed by atoms with van der Waals surface area (Å²) in [6, 6.07) is 16.0. The largest absolute Gasteiger partial charge is 0.338 e. The lowest BCUT2D eigenvalue weighted by molar-refractivity contribution is 0.102. The van der Waals surface area contributed by atoms with Crippen molar-refractivity contribution in [3.8, 4) is 0 Å². The molecule has 180 valence electrons. The van der Waals surface area contributed by atoms with Crippen molar-refractivity contribution in [2.45, 2.75) is 84.0 Å². The lowest BCUT2D eigenvalue weighted by Gasteiger charge is -2.09. The van der Waals surface area contributed by atoms with E-state index in [1.807, 2.05) is 18.2 Å². The summed E-state index contributed by atoms with van der Waals surface area (Å²) in [5, 5.41) is 8.60. The number of rotatable bonds is 16. The molecule has 33 heavy (non-hydrogen) atoms. The van der Waals surface area contributed by atoms with Gasteiger partial charge in [0.1, 0.15) is 0 Å². The van der Waals surface area contributed by atoms with Gasteiger partial charge in [0.05, 0.1) is 0 Å². The van der Waals surface area contributed by atoms with Crippen LogP contribution in [0.4, 0.5) is 16.2 Å². The van der Waals surface area contributed by atoms with Crippen molar-refractivity contribution in [3.63, 3.8) is 0 Å².